The lowest BCUT2D eigenvalue weighted by Gasteiger charge is -2.24. The largest absolute Gasteiger partial charge is 0.481 e. The maximum atomic E-state index is 11.1. The molecule has 0 aromatic heterocycles. The van der Waals surface area contributed by atoms with E-state index < -0.39 is 5.97 Å². The topological polar surface area (TPSA) is 37.3 Å². The van der Waals surface area contributed by atoms with Gasteiger partial charge in [-0.2, -0.15) is 0 Å². The van der Waals surface area contributed by atoms with Crippen molar-refractivity contribution >= 4 is 5.97 Å². The number of carboxylic acid groups (broad SMARTS) is 1. The molecule has 0 bridgehead atoms. The smallest absolute Gasteiger partial charge is 0.303 e. The van der Waals surface area contributed by atoms with Crippen LogP contribution >= 0.6 is 0 Å². The predicted molar refractivity (Wildman–Crippen MR) is 72.9 cm³/mol. The van der Waals surface area contributed by atoms with Gasteiger partial charge in [-0.15, -0.1) is 0 Å². The molecule has 0 aliphatic heterocycles. The average molecular weight is 246 g/mol. The van der Waals surface area contributed by atoms with E-state index in [-0.39, 0.29) is 12.3 Å². The summed E-state index contributed by atoms with van der Waals surface area (Å²) in [7, 11) is 0. The normalized spacial score (nSPS) is 17.9. The Kier molecular flexibility index (Phi) is 4.05. The molecule has 1 unspecified atom stereocenters. The van der Waals surface area contributed by atoms with Gasteiger partial charge in [-0.05, 0) is 49.7 Å². The molecule has 2 rings (SSSR count). The van der Waals surface area contributed by atoms with Crippen molar-refractivity contribution < 1.29 is 9.90 Å². The van der Waals surface area contributed by atoms with Gasteiger partial charge in [-0.25, -0.2) is 0 Å². The van der Waals surface area contributed by atoms with Gasteiger partial charge < -0.3 is 5.11 Å². The number of benzene rings is 1. The second-order valence-corrected chi connectivity index (χ2v) is 5.61. The van der Waals surface area contributed by atoms with Crippen LogP contribution in [0, 0.1) is 19.8 Å². The number of aryl methyl sites for hydroxylation is 2. The Labute approximate surface area is 109 Å². The lowest BCUT2D eigenvalue weighted by atomic mass is 9.80. The van der Waals surface area contributed by atoms with Gasteiger partial charge in [0.15, 0.2) is 0 Å². The lowest BCUT2D eigenvalue weighted by molar-refractivity contribution is -0.137. The highest BCUT2D eigenvalue weighted by atomic mass is 16.4. The van der Waals surface area contributed by atoms with Gasteiger partial charge in [0.1, 0.15) is 0 Å². The van der Waals surface area contributed by atoms with Gasteiger partial charge in [0.2, 0.25) is 0 Å². The van der Waals surface area contributed by atoms with E-state index in [0.29, 0.717) is 5.92 Å². The van der Waals surface area contributed by atoms with E-state index in [1.54, 1.807) is 0 Å². The first-order valence-corrected chi connectivity index (χ1v) is 6.87. The molecular formula is C16H22O2. The molecule has 18 heavy (non-hydrogen) atoms. The monoisotopic (exact) mass is 246 g/mol. The molecule has 0 amide bonds. The SMILES string of the molecule is Cc1ccc(C)c(C(CC(=O)O)C2CCCC2)c1. The third-order valence-corrected chi connectivity index (χ3v) is 4.20. The first-order valence-electron chi connectivity index (χ1n) is 6.87. The summed E-state index contributed by atoms with van der Waals surface area (Å²) in [6, 6.07) is 6.40. The van der Waals surface area contributed by atoms with E-state index in [1.807, 2.05) is 0 Å². The summed E-state index contributed by atoms with van der Waals surface area (Å²) in [6.45, 7) is 4.17. The van der Waals surface area contributed by atoms with Crippen molar-refractivity contribution in [3.05, 3.63) is 34.9 Å². The number of carboxylic acids is 1. The average Bonchev–Trinajstić information content (AvgIpc) is 2.82. The standard InChI is InChI=1S/C16H22O2/c1-11-7-8-12(2)14(9-11)15(10-16(17)18)13-5-3-4-6-13/h7-9,13,15H,3-6,10H2,1-2H3,(H,17,18). The first-order chi connectivity index (χ1) is 8.58. The van der Waals surface area contributed by atoms with Crippen LogP contribution in [0.2, 0.25) is 0 Å². The van der Waals surface area contributed by atoms with Crippen molar-refractivity contribution in [2.24, 2.45) is 5.92 Å². The zero-order valence-corrected chi connectivity index (χ0v) is 11.3. The van der Waals surface area contributed by atoms with Crippen LogP contribution < -0.4 is 0 Å². The molecule has 0 heterocycles. The fourth-order valence-electron chi connectivity index (χ4n) is 3.24. The van der Waals surface area contributed by atoms with Crippen LogP contribution in [0.3, 0.4) is 0 Å². The third-order valence-electron chi connectivity index (χ3n) is 4.20. The molecule has 1 N–H and O–H groups in total. The highest BCUT2D eigenvalue weighted by Crippen LogP contribution is 2.40. The van der Waals surface area contributed by atoms with E-state index in [1.165, 1.54) is 42.4 Å². The van der Waals surface area contributed by atoms with Gasteiger partial charge in [-0.3, -0.25) is 4.79 Å². The Morgan fingerprint density at radius 1 is 1.33 bits per heavy atom. The summed E-state index contributed by atoms with van der Waals surface area (Å²) in [5.74, 6) is 0.0827. The highest BCUT2D eigenvalue weighted by molar-refractivity contribution is 5.68. The van der Waals surface area contributed by atoms with E-state index in [9.17, 15) is 4.79 Å². The molecule has 0 saturated heterocycles. The summed E-state index contributed by atoms with van der Waals surface area (Å²) < 4.78 is 0. The molecular weight excluding hydrogens is 224 g/mol. The fourth-order valence-corrected chi connectivity index (χ4v) is 3.24. The van der Waals surface area contributed by atoms with E-state index in [2.05, 4.69) is 32.0 Å². The maximum Gasteiger partial charge on any atom is 0.303 e. The van der Waals surface area contributed by atoms with Crippen molar-refractivity contribution in [3.8, 4) is 0 Å². The first kappa shape index (κ1) is 13.1. The predicted octanol–water partition coefficient (Wildman–Crippen LogP) is 4.05. The van der Waals surface area contributed by atoms with Gasteiger partial charge in [0.25, 0.3) is 0 Å². The second-order valence-electron chi connectivity index (χ2n) is 5.61. The Morgan fingerprint density at radius 3 is 2.61 bits per heavy atom. The van der Waals surface area contributed by atoms with E-state index >= 15 is 0 Å². The highest BCUT2D eigenvalue weighted by Gasteiger charge is 2.29. The summed E-state index contributed by atoms with van der Waals surface area (Å²) in [5, 5.41) is 9.17. The molecule has 1 aliphatic rings. The number of carbonyl (C=O) groups is 1. The Bertz CT molecular complexity index is 431. The quantitative estimate of drug-likeness (QED) is 0.870. The number of hydrogen-bond donors (Lipinski definition) is 1. The molecule has 98 valence electrons. The van der Waals surface area contributed by atoms with Gasteiger partial charge >= 0.3 is 5.97 Å². The van der Waals surface area contributed by atoms with Gasteiger partial charge in [-0.1, -0.05) is 36.6 Å². The summed E-state index contributed by atoms with van der Waals surface area (Å²) in [4.78, 5) is 11.1. The maximum absolute atomic E-state index is 11.1. The van der Waals surface area contributed by atoms with Crippen LogP contribution in [-0.4, -0.2) is 11.1 Å². The molecule has 2 heteroatoms. The Morgan fingerprint density at radius 2 is 2.00 bits per heavy atom. The third kappa shape index (κ3) is 2.92. The van der Waals surface area contributed by atoms with Crippen LogP contribution in [0.15, 0.2) is 18.2 Å². The molecule has 0 spiro atoms. The minimum atomic E-state index is -0.673. The molecule has 2 nitrogen and oxygen atoms in total. The van der Waals surface area contributed by atoms with Crippen molar-refractivity contribution in [3.63, 3.8) is 0 Å². The molecule has 0 radical (unpaired) electrons. The molecule has 1 fully saturated rings. The minimum absolute atomic E-state index is 0.199. The molecule has 1 aromatic carbocycles. The van der Waals surface area contributed by atoms with Gasteiger partial charge in [0, 0.05) is 0 Å². The van der Waals surface area contributed by atoms with Gasteiger partial charge in [0.05, 0.1) is 6.42 Å². The zero-order valence-electron chi connectivity index (χ0n) is 11.3. The number of hydrogen-bond acceptors (Lipinski definition) is 1. The second kappa shape index (κ2) is 5.55. The molecule has 1 aromatic rings. The zero-order chi connectivity index (χ0) is 13.1. The van der Waals surface area contributed by atoms with Crippen molar-refractivity contribution in [1.29, 1.82) is 0 Å². The number of aliphatic carboxylic acids is 1. The summed E-state index contributed by atoms with van der Waals surface area (Å²) >= 11 is 0. The van der Waals surface area contributed by atoms with Crippen LogP contribution in [0.4, 0.5) is 0 Å². The molecule has 1 atom stereocenters. The van der Waals surface area contributed by atoms with E-state index in [0.717, 1.165) is 0 Å². The van der Waals surface area contributed by atoms with Crippen LogP contribution in [0.25, 0.3) is 0 Å². The van der Waals surface area contributed by atoms with Crippen LogP contribution in [-0.2, 0) is 4.79 Å². The fraction of sp³-hybridized carbons (Fsp3) is 0.562. The van der Waals surface area contributed by atoms with Crippen molar-refractivity contribution in [2.75, 3.05) is 0 Å². The van der Waals surface area contributed by atoms with E-state index in [4.69, 9.17) is 5.11 Å². The van der Waals surface area contributed by atoms with Crippen LogP contribution in [0.5, 0.6) is 0 Å². The Balaban J connectivity index is 2.31. The molecule has 1 aliphatic carbocycles. The summed E-state index contributed by atoms with van der Waals surface area (Å²) in [5.41, 5.74) is 3.71. The molecule has 1 saturated carbocycles. The van der Waals surface area contributed by atoms with Crippen molar-refractivity contribution in [2.45, 2.75) is 51.9 Å². The Hall–Kier alpha value is -1.31. The number of rotatable bonds is 4. The van der Waals surface area contributed by atoms with Crippen molar-refractivity contribution in [1.82, 2.24) is 0 Å². The lowest BCUT2D eigenvalue weighted by Crippen LogP contribution is -2.15. The minimum Gasteiger partial charge on any atom is -0.481 e. The summed E-state index contributed by atoms with van der Waals surface area (Å²) in [6.07, 6.45) is 5.16. The van der Waals surface area contributed by atoms with Crippen LogP contribution in [0.1, 0.15) is 54.7 Å².